The lowest BCUT2D eigenvalue weighted by atomic mass is 10.1. The third kappa shape index (κ3) is 3.05. The standard InChI is InChI=1S/C11H16N2O4/c1-4-17-11(16)8-9(14)7(5-6(2)3)12-13-10(8)15/h6H,4-5H2,1-3H3,(H2,13,14,15). The summed E-state index contributed by atoms with van der Waals surface area (Å²) in [6, 6.07) is 0. The van der Waals surface area contributed by atoms with Crippen LogP contribution in [-0.4, -0.2) is 27.9 Å². The Kier molecular flexibility index (Phi) is 4.25. The minimum absolute atomic E-state index is 0.138. The zero-order valence-electron chi connectivity index (χ0n) is 10.1. The summed E-state index contributed by atoms with van der Waals surface area (Å²) in [5.41, 5.74) is -0.825. The molecule has 0 unspecified atom stereocenters. The van der Waals surface area contributed by atoms with E-state index < -0.39 is 11.5 Å². The Labute approximate surface area is 98.6 Å². The van der Waals surface area contributed by atoms with Crippen LogP contribution in [0.1, 0.15) is 36.8 Å². The lowest BCUT2D eigenvalue weighted by molar-refractivity contribution is 0.0520. The number of nitrogens with one attached hydrogen (secondary N) is 1. The van der Waals surface area contributed by atoms with Gasteiger partial charge in [0.1, 0.15) is 5.69 Å². The monoisotopic (exact) mass is 240 g/mol. The van der Waals surface area contributed by atoms with Crippen LogP contribution in [0, 0.1) is 5.92 Å². The van der Waals surface area contributed by atoms with Gasteiger partial charge in [-0.05, 0) is 19.3 Å². The topological polar surface area (TPSA) is 92.3 Å². The zero-order chi connectivity index (χ0) is 13.0. The Morgan fingerprint density at radius 1 is 1.53 bits per heavy atom. The number of hydrogen-bond donors (Lipinski definition) is 2. The molecule has 0 saturated heterocycles. The van der Waals surface area contributed by atoms with Crippen molar-refractivity contribution in [3.63, 3.8) is 0 Å². The molecule has 0 bridgehead atoms. The average molecular weight is 240 g/mol. The lowest BCUT2D eigenvalue weighted by Crippen LogP contribution is -2.22. The van der Waals surface area contributed by atoms with Crippen molar-refractivity contribution in [2.45, 2.75) is 27.2 Å². The van der Waals surface area contributed by atoms with Crippen LogP contribution < -0.4 is 5.56 Å². The third-order valence-corrected chi connectivity index (χ3v) is 2.11. The predicted octanol–water partition coefficient (Wildman–Crippen LogP) is 0.851. The van der Waals surface area contributed by atoms with Crippen molar-refractivity contribution in [1.82, 2.24) is 10.2 Å². The van der Waals surface area contributed by atoms with E-state index in [0.29, 0.717) is 12.1 Å². The van der Waals surface area contributed by atoms with Crippen molar-refractivity contribution in [2.24, 2.45) is 5.92 Å². The molecule has 6 heteroatoms. The van der Waals surface area contributed by atoms with E-state index in [0.717, 1.165) is 0 Å². The van der Waals surface area contributed by atoms with E-state index in [1.807, 2.05) is 13.8 Å². The summed E-state index contributed by atoms with van der Waals surface area (Å²) in [6.45, 7) is 5.64. The maximum Gasteiger partial charge on any atom is 0.347 e. The molecule has 0 saturated carbocycles. The molecular weight excluding hydrogens is 224 g/mol. The van der Waals surface area contributed by atoms with Crippen molar-refractivity contribution in [1.29, 1.82) is 0 Å². The molecule has 0 radical (unpaired) electrons. The van der Waals surface area contributed by atoms with E-state index in [9.17, 15) is 14.7 Å². The van der Waals surface area contributed by atoms with Crippen molar-refractivity contribution in [2.75, 3.05) is 6.61 Å². The molecule has 1 aromatic heterocycles. The molecule has 2 N–H and O–H groups in total. The van der Waals surface area contributed by atoms with Crippen LogP contribution in [0.25, 0.3) is 0 Å². The van der Waals surface area contributed by atoms with Crippen molar-refractivity contribution < 1.29 is 14.6 Å². The fraction of sp³-hybridized carbons (Fsp3) is 0.545. The molecule has 0 aliphatic heterocycles. The van der Waals surface area contributed by atoms with Gasteiger partial charge in [0, 0.05) is 0 Å². The highest BCUT2D eigenvalue weighted by Crippen LogP contribution is 2.20. The summed E-state index contributed by atoms with van der Waals surface area (Å²) >= 11 is 0. The minimum Gasteiger partial charge on any atom is -0.505 e. The van der Waals surface area contributed by atoms with Gasteiger partial charge in [-0.15, -0.1) is 0 Å². The smallest absolute Gasteiger partial charge is 0.347 e. The first kappa shape index (κ1) is 13.2. The van der Waals surface area contributed by atoms with Gasteiger partial charge >= 0.3 is 5.97 Å². The highest BCUT2D eigenvalue weighted by molar-refractivity contribution is 5.92. The number of H-pyrrole nitrogens is 1. The van der Waals surface area contributed by atoms with Gasteiger partial charge in [-0.2, -0.15) is 5.10 Å². The van der Waals surface area contributed by atoms with Crippen LogP contribution in [0.15, 0.2) is 4.79 Å². The van der Waals surface area contributed by atoms with E-state index in [4.69, 9.17) is 4.74 Å². The predicted molar refractivity (Wildman–Crippen MR) is 61.0 cm³/mol. The lowest BCUT2D eigenvalue weighted by Gasteiger charge is -2.08. The van der Waals surface area contributed by atoms with Gasteiger partial charge in [-0.25, -0.2) is 9.89 Å². The van der Waals surface area contributed by atoms with Gasteiger partial charge in [0.15, 0.2) is 11.3 Å². The van der Waals surface area contributed by atoms with Gasteiger partial charge in [-0.1, -0.05) is 13.8 Å². The molecule has 94 valence electrons. The van der Waals surface area contributed by atoms with Gasteiger partial charge < -0.3 is 9.84 Å². The fourth-order valence-electron chi connectivity index (χ4n) is 1.40. The number of ether oxygens (including phenoxy) is 1. The molecule has 1 heterocycles. The van der Waals surface area contributed by atoms with Crippen molar-refractivity contribution in [3.05, 3.63) is 21.6 Å². The molecule has 0 amide bonds. The molecule has 1 rings (SSSR count). The molecular formula is C11H16N2O4. The van der Waals surface area contributed by atoms with E-state index in [1.165, 1.54) is 0 Å². The molecule has 6 nitrogen and oxygen atoms in total. The number of aromatic hydroxyl groups is 1. The average Bonchev–Trinajstić information content (AvgIpc) is 2.22. The van der Waals surface area contributed by atoms with Crippen LogP contribution in [0.3, 0.4) is 0 Å². The molecule has 0 atom stereocenters. The fourth-order valence-corrected chi connectivity index (χ4v) is 1.40. The van der Waals surface area contributed by atoms with E-state index >= 15 is 0 Å². The van der Waals surface area contributed by atoms with Crippen LogP contribution in [0.2, 0.25) is 0 Å². The second kappa shape index (κ2) is 5.47. The van der Waals surface area contributed by atoms with Gasteiger partial charge in [-0.3, -0.25) is 4.79 Å². The summed E-state index contributed by atoms with van der Waals surface area (Å²) < 4.78 is 4.70. The number of carbonyl (C=O) groups excluding carboxylic acids is 1. The Balaban J connectivity index is 3.20. The number of carbonyl (C=O) groups is 1. The number of aromatic amines is 1. The van der Waals surface area contributed by atoms with E-state index in [1.54, 1.807) is 6.92 Å². The summed E-state index contributed by atoms with van der Waals surface area (Å²) in [6.07, 6.45) is 0.467. The highest BCUT2D eigenvalue weighted by Gasteiger charge is 2.21. The first-order valence-electron chi connectivity index (χ1n) is 5.45. The first-order chi connectivity index (χ1) is 7.97. The van der Waals surface area contributed by atoms with Crippen LogP contribution in [0.5, 0.6) is 5.75 Å². The summed E-state index contributed by atoms with van der Waals surface area (Å²) in [4.78, 5) is 22.9. The Morgan fingerprint density at radius 3 is 2.71 bits per heavy atom. The second-order valence-electron chi connectivity index (χ2n) is 4.04. The number of rotatable bonds is 4. The molecule has 0 aliphatic rings. The normalized spacial score (nSPS) is 10.6. The van der Waals surface area contributed by atoms with Gasteiger partial charge in [0.2, 0.25) is 0 Å². The number of esters is 1. The number of hydrogen-bond acceptors (Lipinski definition) is 5. The van der Waals surface area contributed by atoms with Crippen LogP contribution >= 0.6 is 0 Å². The second-order valence-corrected chi connectivity index (χ2v) is 4.04. The Bertz CT molecular complexity index is 465. The minimum atomic E-state index is -0.835. The van der Waals surface area contributed by atoms with Crippen LogP contribution in [-0.2, 0) is 11.2 Å². The van der Waals surface area contributed by atoms with Gasteiger partial charge in [0.25, 0.3) is 5.56 Å². The molecule has 0 fully saturated rings. The third-order valence-electron chi connectivity index (χ3n) is 2.11. The Morgan fingerprint density at radius 2 is 2.18 bits per heavy atom. The Hall–Kier alpha value is -1.85. The SMILES string of the molecule is CCOC(=O)c1c(O)c(CC(C)C)n[nH]c1=O. The maximum absolute atomic E-state index is 11.5. The number of nitrogens with zero attached hydrogens (tertiary/aromatic N) is 1. The summed E-state index contributed by atoms with van der Waals surface area (Å²) in [5.74, 6) is -0.978. The quantitative estimate of drug-likeness (QED) is 0.761. The number of aromatic nitrogens is 2. The molecule has 17 heavy (non-hydrogen) atoms. The summed E-state index contributed by atoms with van der Waals surface area (Å²) in [7, 11) is 0. The van der Waals surface area contributed by atoms with Crippen molar-refractivity contribution >= 4 is 5.97 Å². The highest BCUT2D eigenvalue weighted by atomic mass is 16.5. The molecule has 0 spiro atoms. The van der Waals surface area contributed by atoms with Crippen molar-refractivity contribution in [3.8, 4) is 5.75 Å². The molecule has 0 aromatic carbocycles. The first-order valence-corrected chi connectivity index (χ1v) is 5.45. The van der Waals surface area contributed by atoms with Crippen LogP contribution in [0.4, 0.5) is 0 Å². The molecule has 1 aromatic rings. The van der Waals surface area contributed by atoms with E-state index in [2.05, 4.69) is 10.2 Å². The summed E-state index contributed by atoms with van der Waals surface area (Å²) in [5, 5.41) is 15.7. The van der Waals surface area contributed by atoms with E-state index in [-0.39, 0.29) is 23.8 Å². The van der Waals surface area contributed by atoms with Gasteiger partial charge in [0.05, 0.1) is 6.61 Å². The maximum atomic E-state index is 11.5. The molecule has 0 aliphatic carbocycles. The zero-order valence-corrected chi connectivity index (χ0v) is 10.1. The largest absolute Gasteiger partial charge is 0.505 e.